The summed E-state index contributed by atoms with van der Waals surface area (Å²) in [6.45, 7) is 4.11. The first-order valence-corrected chi connectivity index (χ1v) is 9.63. The summed E-state index contributed by atoms with van der Waals surface area (Å²) >= 11 is 6.11. The molecule has 3 fully saturated rings. The number of rotatable bonds is 5. The molecule has 3 heteroatoms. The average Bonchev–Trinajstić information content (AvgIpc) is 2.64. The van der Waals surface area contributed by atoms with Gasteiger partial charge in [-0.1, -0.05) is 54.1 Å². The van der Waals surface area contributed by atoms with Crippen LogP contribution in [0.3, 0.4) is 0 Å². The summed E-state index contributed by atoms with van der Waals surface area (Å²) in [5, 5.41) is 3.49. The van der Waals surface area contributed by atoms with Gasteiger partial charge in [0.05, 0.1) is 13.1 Å². The van der Waals surface area contributed by atoms with E-state index in [1.165, 1.54) is 43.6 Å². The van der Waals surface area contributed by atoms with Crippen LogP contribution in [0.4, 0.5) is 0 Å². The fourth-order valence-corrected chi connectivity index (χ4v) is 4.71. The molecule has 0 aliphatic carbocycles. The van der Waals surface area contributed by atoms with E-state index in [0.29, 0.717) is 6.04 Å². The molecule has 0 spiro atoms. The van der Waals surface area contributed by atoms with Crippen LogP contribution in [0, 0.1) is 5.92 Å². The Morgan fingerprint density at radius 2 is 1.71 bits per heavy atom. The van der Waals surface area contributed by atoms with Crippen LogP contribution in [0.25, 0.3) is 0 Å². The van der Waals surface area contributed by atoms with Crippen LogP contribution in [0.2, 0.25) is 5.02 Å². The van der Waals surface area contributed by atoms with Gasteiger partial charge < -0.3 is 10.2 Å². The second-order valence-corrected chi connectivity index (χ2v) is 7.93. The molecule has 0 aromatic heterocycles. The summed E-state index contributed by atoms with van der Waals surface area (Å²) in [5.41, 5.74) is 2.82. The highest BCUT2D eigenvalue weighted by Crippen LogP contribution is 2.21. The maximum atomic E-state index is 6.11. The third kappa shape index (κ3) is 3.66. The van der Waals surface area contributed by atoms with Crippen molar-refractivity contribution in [2.75, 3.05) is 19.6 Å². The Balaban J connectivity index is 1.54. The van der Waals surface area contributed by atoms with Crippen molar-refractivity contribution in [1.29, 1.82) is 0 Å². The summed E-state index contributed by atoms with van der Waals surface area (Å²) < 4.78 is 0. The number of quaternary nitrogens is 2. The van der Waals surface area contributed by atoms with Crippen LogP contribution in [0.1, 0.15) is 30.0 Å². The van der Waals surface area contributed by atoms with E-state index in [2.05, 4.69) is 47.8 Å². The van der Waals surface area contributed by atoms with E-state index < -0.39 is 0 Å². The van der Waals surface area contributed by atoms with Gasteiger partial charge in [0, 0.05) is 35.8 Å². The normalized spacial score (nSPS) is 27.1. The molecule has 5 rings (SSSR count). The Hall–Kier alpha value is -1.35. The highest BCUT2D eigenvalue weighted by molar-refractivity contribution is 6.30. The van der Waals surface area contributed by atoms with Gasteiger partial charge in [-0.2, -0.15) is 0 Å². The zero-order valence-corrected chi connectivity index (χ0v) is 14.9. The second-order valence-electron chi connectivity index (χ2n) is 7.50. The second kappa shape index (κ2) is 7.26. The van der Waals surface area contributed by atoms with Crippen LogP contribution in [-0.4, -0.2) is 25.7 Å². The number of benzene rings is 2. The largest absolute Gasteiger partial charge is 0.332 e. The molecular formula is C21H27ClN2+2. The molecule has 2 aromatic carbocycles. The van der Waals surface area contributed by atoms with Gasteiger partial charge in [-0.25, -0.2) is 0 Å². The lowest BCUT2D eigenvalue weighted by molar-refractivity contribution is -0.945. The molecule has 24 heavy (non-hydrogen) atoms. The standard InChI is InChI=1S/C21H25ClN2/c22-19-8-6-17(7-9-19)20(14-16-4-2-1-3-5-16)23-21-15-24-12-10-18(21)11-13-24/h1-9,18,20-21,23H,10-15H2/p+2/t20-,21+/m0/s1. The quantitative estimate of drug-likeness (QED) is 0.827. The predicted octanol–water partition coefficient (Wildman–Crippen LogP) is 1.86. The molecule has 126 valence electrons. The van der Waals surface area contributed by atoms with Crippen molar-refractivity contribution in [3.05, 3.63) is 70.7 Å². The summed E-state index contributed by atoms with van der Waals surface area (Å²) in [7, 11) is 0. The molecule has 2 atom stereocenters. The molecule has 2 bridgehead atoms. The fraction of sp³-hybridized carbons (Fsp3) is 0.429. The highest BCUT2D eigenvalue weighted by Gasteiger charge is 2.41. The highest BCUT2D eigenvalue weighted by atomic mass is 35.5. The molecule has 2 nitrogen and oxygen atoms in total. The Morgan fingerprint density at radius 1 is 1.00 bits per heavy atom. The Morgan fingerprint density at radius 3 is 2.33 bits per heavy atom. The van der Waals surface area contributed by atoms with Crippen molar-refractivity contribution in [2.45, 2.75) is 31.3 Å². The first-order valence-electron chi connectivity index (χ1n) is 9.26. The van der Waals surface area contributed by atoms with Gasteiger partial charge in [-0.05, 0) is 17.7 Å². The lowest BCUT2D eigenvalue weighted by atomic mass is 9.83. The molecule has 3 aliphatic rings. The van der Waals surface area contributed by atoms with Crippen molar-refractivity contribution < 1.29 is 10.2 Å². The number of fused-ring (bicyclic) bond motifs is 3. The van der Waals surface area contributed by atoms with Crippen LogP contribution >= 0.6 is 11.6 Å². The minimum absolute atomic E-state index is 0.481. The Kier molecular flexibility index (Phi) is 4.88. The van der Waals surface area contributed by atoms with Gasteiger partial charge >= 0.3 is 0 Å². The van der Waals surface area contributed by atoms with Crippen LogP contribution in [0.15, 0.2) is 54.6 Å². The monoisotopic (exact) mass is 342 g/mol. The molecule has 0 radical (unpaired) electrons. The van der Waals surface area contributed by atoms with Gasteiger partial charge in [-0.3, -0.25) is 0 Å². The summed E-state index contributed by atoms with van der Waals surface area (Å²) in [5.74, 6) is 0.910. The number of hydrogen-bond donors (Lipinski definition) is 2. The van der Waals surface area contributed by atoms with Crippen LogP contribution < -0.4 is 10.2 Å². The minimum Gasteiger partial charge on any atom is -0.332 e. The third-order valence-corrected chi connectivity index (χ3v) is 6.20. The number of nitrogens with one attached hydrogen (secondary N) is 1. The van der Waals surface area contributed by atoms with E-state index in [0.717, 1.165) is 23.4 Å². The number of hydrogen-bond acceptors (Lipinski definition) is 0. The van der Waals surface area contributed by atoms with Crippen molar-refractivity contribution in [2.24, 2.45) is 5.92 Å². The first-order chi connectivity index (χ1) is 11.8. The van der Waals surface area contributed by atoms with Gasteiger partial charge in [0.15, 0.2) is 0 Å². The van der Waals surface area contributed by atoms with E-state index in [4.69, 9.17) is 11.6 Å². The molecule has 2 aromatic rings. The fourth-order valence-electron chi connectivity index (χ4n) is 4.58. The minimum atomic E-state index is 0.481. The van der Waals surface area contributed by atoms with E-state index in [1.54, 1.807) is 0 Å². The average molecular weight is 343 g/mol. The molecule has 0 saturated carbocycles. The smallest absolute Gasteiger partial charge is 0.139 e. The number of halogens is 1. The zero-order chi connectivity index (χ0) is 16.4. The molecule has 3 N–H and O–H groups in total. The van der Waals surface area contributed by atoms with Gasteiger partial charge in [0.2, 0.25) is 0 Å². The number of piperidine rings is 3. The maximum Gasteiger partial charge on any atom is 0.139 e. The topological polar surface area (TPSA) is 21.1 Å². The van der Waals surface area contributed by atoms with Crippen molar-refractivity contribution >= 4 is 11.6 Å². The van der Waals surface area contributed by atoms with Crippen molar-refractivity contribution in [3.63, 3.8) is 0 Å². The summed E-state index contributed by atoms with van der Waals surface area (Å²) in [6.07, 6.45) is 3.91. The molecule has 3 heterocycles. The third-order valence-electron chi connectivity index (χ3n) is 5.94. The summed E-state index contributed by atoms with van der Waals surface area (Å²) in [6, 6.07) is 20.6. The lowest BCUT2D eigenvalue weighted by Gasteiger charge is -2.41. The molecule has 3 aliphatic heterocycles. The molecule has 3 saturated heterocycles. The van der Waals surface area contributed by atoms with Gasteiger partial charge in [-0.15, -0.1) is 0 Å². The Labute approximate surface area is 149 Å². The van der Waals surface area contributed by atoms with E-state index in [9.17, 15) is 0 Å². The number of nitrogens with two attached hydrogens (primary N) is 1. The Bertz CT molecular complexity index is 647. The van der Waals surface area contributed by atoms with Crippen molar-refractivity contribution in [3.8, 4) is 0 Å². The summed E-state index contributed by atoms with van der Waals surface area (Å²) in [4.78, 5) is 1.81. The molecular weight excluding hydrogens is 316 g/mol. The van der Waals surface area contributed by atoms with Crippen LogP contribution in [-0.2, 0) is 6.42 Å². The van der Waals surface area contributed by atoms with Crippen molar-refractivity contribution in [1.82, 2.24) is 0 Å². The van der Waals surface area contributed by atoms with Gasteiger partial charge in [0.25, 0.3) is 0 Å². The van der Waals surface area contributed by atoms with E-state index in [-0.39, 0.29) is 0 Å². The molecule has 0 unspecified atom stereocenters. The zero-order valence-electron chi connectivity index (χ0n) is 14.1. The van der Waals surface area contributed by atoms with E-state index in [1.807, 2.05) is 17.0 Å². The predicted molar refractivity (Wildman–Crippen MR) is 98.3 cm³/mol. The maximum absolute atomic E-state index is 6.11. The first kappa shape index (κ1) is 16.1. The molecule has 0 amide bonds. The van der Waals surface area contributed by atoms with E-state index >= 15 is 0 Å². The van der Waals surface area contributed by atoms with Gasteiger partial charge in [0.1, 0.15) is 18.6 Å². The lowest BCUT2D eigenvalue weighted by Crippen LogP contribution is -3.20. The van der Waals surface area contributed by atoms with Crippen LogP contribution in [0.5, 0.6) is 0 Å². The SMILES string of the molecule is Clc1ccc([C@H](Cc2ccccc2)[NH2+][C@@H]2C[NH+]3CCC2CC3)cc1.